The molecule has 5 heterocycles. The van der Waals surface area contributed by atoms with Gasteiger partial charge in [-0.2, -0.15) is 0 Å². The van der Waals surface area contributed by atoms with Crippen molar-refractivity contribution >= 4 is 40.5 Å². The molecule has 6 atom stereocenters. The lowest BCUT2D eigenvalue weighted by atomic mass is 9.95. The molecule has 39 heavy (non-hydrogen) atoms. The Hall–Kier alpha value is -2.89. The summed E-state index contributed by atoms with van der Waals surface area (Å²) in [6.45, 7) is 10.2. The summed E-state index contributed by atoms with van der Waals surface area (Å²) in [7, 11) is 0. The van der Waals surface area contributed by atoms with Crippen LogP contribution in [0.15, 0.2) is 65.3 Å². The monoisotopic (exact) mass is 582 g/mol. The van der Waals surface area contributed by atoms with Crippen LogP contribution >= 0.6 is 34.7 Å². The number of aromatic nitrogens is 5. The van der Waals surface area contributed by atoms with E-state index in [4.69, 9.17) is 37.1 Å². The van der Waals surface area contributed by atoms with Crippen LogP contribution in [0.4, 0.5) is 5.82 Å². The van der Waals surface area contributed by atoms with E-state index in [-0.39, 0.29) is 5.82 Å². The lowest BCUT2D eigenvalue weighted by Crippen LogP contribution is -2.59. The van der Waals surface area contributed by atoms with Crippen LogP contribution in [0.2, 0.25) is 5.02 Å². The first kappa shape index (κ1) is 26.3. The van der Waals surface area contributed by atoms with Gasteiger partial charge in [0.05, 0.1) is 17.8 Å². The molecular weight excluding hydrogens is 560 g/mol. The number of rotatable bonds is 7. The molecule has 3 aromatic heterocycles. The molecule has 0 bridgehead atoms. The Kier molecular flexibility index (Phi) is 7.90. The zero-order valence-corrected chi connectivity index (χ0v) is 23.1. The number of halogens is 1. The first-order valence-corrected chi connectivity index (χ1v) is 14.4. The second-order valence-corrected chi connectivity index (χ2v) is 11.2. The Morgan fingerprint density at radius 3 is 2.90 bits per heavy atom. The average Bonchev–Trinajstić information content (AvgIpc) is 3.67. The molecule has 1 aromatic carbocycles. The summed E-state index contributed by atoms with van der Waals surface area (Å²) >= 11 is 9.06. The summed E-state index contributed by atoms with van der Waals surface area (Å²) in [6, 6.07) is 11.1. The van der Waals surface area contributed by atoms with Crippen molar-refractivity contribution < 1.29 is 18.9 Å². The summed E-state index contributed by atoms with van der Waals surface area (Å²) < 4.78 is 27.3. The van der Waals surface area contributed by atoms with Gasteiger partial charge in [-0.3, -0.25) is 0 Å². The van der Waals surface area contributed by atoms with Crippen molar-refractivity contribution in [2.45, 2.75) is 47.9 Å². The Morgan fingerprint density at radius 2 is 2.13 bits per heavy atom. The summed E-state index contributed by atoms with van der Waals surface area (Å²) in [5.74, 6) is 0.244. The molecule has 0 aliphatic carbocycles. The third kappa shape index (κ3) is 5.44. The molecule has 13 heteroatoms. The van der Waals surface area contributed by atoms with Crippen LogP contribution in [0.3, 0.4) is 0 Å². The number of benzene rings is 1. The van der Waals surface area contributed by atoms with Gasteiger partial charge in [-0.05, 0) is 13.0 Å². The average molecular weight is 583 g/mol. The number of hydrogen-bond acceptors (Lipinski definition) is 10. The maximum atomic E-state index is 7.57. The third-order valence-electron chi connectivity index (χ3n) is 6.36. The summed E-state index contributed by atoms with van der Waals surface area (Å²) in [5.41, 5.74) is 1.03. The molecule has 0 saturated carbocycles. The summed E-state index contributed by atoms with van der Waals surface area (Å²) in [4.78, 5) is 12.7. The molecule has 2 saturated heterocycles. The van der Waals surface area contributed by atoms with E-state index in [1.807, 2.05) is 48.8 Å². The number of thiazole rings is 1. The quantitative estimate of drug-likeness (QED) is 0.259. The van der Waals surface area contributed by atoms with E-state index in [0.717, 1.165) is 10.6 Å². The minimum atomic E-state index is -0.571. The van der Waals surface area contributed by atoms with Gasteiger partial charge >= 0.3 is 0 Å². The highest BCUT2D eigenvalue weighted by atomic mass is 35.5. The van der Waals surface area contributed by atoms with Crippen molar-refractivity contribution in [1.82, 2.24) is 25.0 Å². The fraction of sp³-hybridized carbons (Fsp3) is 0.346. The lowest BCUT2D eigenvalue weighted by molar-refractivity contribution is -0.309. The van der Waals surface area contributed by atoms with Crippen LogP contribution in [0.5, 0.6) is 0 Å². The fourth-order valence-electron chi connectivity index (χ4n) is 4.69. The van der Waals surface area contributed by atoms with Gasteiger partial charge in [0.2, 0.25) is 0 Å². The first-order chi connectivity index (χ1) is 19.1. The molecule has 0 N–H and O–H groups in total. The van der Waals surface area contributed by atoms with Crippen LogP contribution in [-0.4, -0.2) is 61.9 Å². The highest BCUT2D eigenvalue weighted by molar-refractivity contribution is 8.00. The van der Waals surface area contributed by atoms with E-state index in [2.05, 4.69) is 25.1 Å². The minimum absolute atomic E-state index is 0.244. The number of fused-ring (bicyclic) bond motifs is 1. The summed E-state index contributed by atoms with van der Waals surface area (Å²) in [6.07, 6.45) is 3.08. The number of pyridine rings is 1. The number of thioether (sulfide) groups is 1. The van der Waals surface area contributed by atoms with Crippen molar-refractivity contribution in [3.05, 3.63) is 82.4 Å². The van der Waals surface area contributed by atoms with Gasteiger partial charge < -0.3 is 23.8 Å². The standard InChI is InChI=1S/C26H23ClN6O4S2/c1-3-34-22-20(33-13-17(31-32-33)24-29-9-10-38-24)21-18(14-35-25(37-21)15-7-5-4-6-8-15)36-26(22)39-19-11-16(27)12-30-23(19)28-2/h4-13,18,20-22,25-26H,3,14H2,1H3/t18?,20-,21-,22?,25?,26+/m0/s1. The normalized spacial score (nSPS) is 26.6. The molecule has 2 fully saturated rings. The maximum Gasteiger partial charge on any atom is 0.283 e. The van der Waals surface area contributed by atoms with E-state index in [9.17, 15) is 0 Å². The Balaban J connectivity index is 1.38. The van der Waals surface area contributed by atoms with E-state index in [0.29, 0.717) is 28.8 Å². The second-order valence-electron chi connectivity index (χ2n) is 8.76. The van der Waals surface area contributed by atoms with Gasteiger partial charge in [0.25, 0.3) is 5.82 Å². The van der Waals surface area contributed by atoms with E-state index in [1.54, 1.807) is 16.9 Å². The molecule has 4 aromatic rings. The molecule has 2 aliphatic rings. The van der Waals surface area contributed by atoms with Crippen molar-refractivity contribution in [2.75, 3.05) is 13.2 Å². The first-order valence-electron chi connectivity index (χ1n) is 12.2. The maximum absolute atomic E-state index is 7.57. The smallest absolute Gasteiger partial charge is 0.283 e. The Labute approximate surface area is 238 Å². The Morgan fingerprint density at radius 1 is 1.26 bits per heavy atom. The van der Waals surface area contributed by atoms with Gasteiger partial charge in [-0.25, -0.2) is 9.67 Å². The highest BCUT2D eigenvalue weighted by Crippen LogP contribution is 2.46. The van der Waals surface area contributed by atoms with Crippen LogP contribution in [0.1, 0.15) is 24.8 Å². The largest absolute Gasteiger partial charge is 0.373 e. The van der Waals surface area contributed by atoms with Gasteiger partial charge in [0.1, 0.15) is 46.7 Å². The zero-order valence-electron chi connectivity index (χ0n) is 20.7. The predicted octanol–water partition coefficient (Wildman–Crippen LogP) is 5.58. The van der Waals surface area contributed by atoms with Crippen molar-refractivity contribution in [3.63, 3.8) is 0 Å². The van der Waals surface area contributed by atoms with E-state index in [1.165, 1.54) is 29.3 Å². The van der Waals surface area contributed by atoms with Gasteiger partial charge in [-0.1, -0.05) is 53.7 Å². The van der Waals surface area contributed by atoms with Gasteiger partial charge in [-0.15, -0.1) is 33.2 Å². The third-order valence-corrected chi connectivity index (χ3v) is 8.52. The van der Waals surface area contributed by atoms with Crippen LogP contribution < -0.4 is 0 Å². The second kappa shape index (κ2) is 11.7. The highest BCUT2D eigenvalue weighted by Gasteiger charge is 2.52. The molecular formula is C26H23ClN6O4S2. The number of hydrogen-bond donors (Lipinski definition) is 0. The number of ether oxygens (including phenoxy) is 4. The minimum Gasteiger partial charge on any atom is -0.373 e. The molecule has 2 aliphatic heterocycles. The molecule has 0 radical (unpaired) electrons. The van der Waals surface area contributed by atoms with Crippen LogP contribution in [0.25, 0.3) is 15.5 Å². The van der Waals surface area contributed by atoms with Crippen molar-refractivity contribution in [3.8, 4) is 10.7 Å². The molecule has 200 valence electrons. The van der Waals surface area contributed by atoms with Crippen LogP contribution in [0, 0.1) is 6.57 Å². The summed E-state index contributed by atoms with van der Waals surface area (Å²) in [5, 5.41) is 12.0. The van der Waals surface area contributed by atoms with Gasteiger partial charge in [0.15, 0.2) is 6.29 Å². The predicted molar refractivity (Wildman–Crippen MR) is 146 cm³/mol. The van der Waals surface area contributed by atoms with Crippen LogP contribution in [-0.2, 0) is 18.9 Å². The molecule has 6 rings (SSSR count). The van der Waals surface area contributed by atoms with Crippen molar-refractivity contribution in [2.24, 2.45) is 0 Å². The topological polar surface area (TPSA) is 97.8 Å². The van der Waals surface area contributed by atoms with E-state index >= 15 is 0 Å². The molecule has 0 spiro atoms. The molecule has 3 unspecified atom stereocenters. The van der Waals surface area contributed by atoms with E-state index < -0.39 is 36.1 Å². The SMILES string of the molecule is [C-]#[N+]c1ncc(Cl)cc1S[C@H]1OC2COC(c3ccccc3)O[C@@H]2[C@H](n2cc(-c3nccs3)nn2)C1OCC. The van der Waals surface area contributed by atoms with Gasteiger partial charge in [0, 0.05) is 28.6 Å². The number of nitrogens with zero attached hydrogens (tertiary/aromatic N) is 6. The zero-order chi connectivity index (χ0) is 26.8. The lowest BCUT2D eigenvalue weighted by Gasteiger charge is -2.49. The molecule has 10 nitrogen and oxygen atoms in total. The fourth-order valence-corrected chi connectivity index (χ4v) is 6.72. The Bertz CT molecular complexity index is 1450. The molecule has 0 amide bonds. The van der Waals surface area contributed by atoms with Crippen molar-refractivity contribution in [1.29, 1.82) is 0 Å².